The lowest BCUT2D eigenvalue weighted by Gasteiger charge is -2.17. The highest BCUT2D eigenvalue weighted by Gasteiger charge is 2.29. The highest BCUT2D eigenvalue weighted by atomic mass is 35.5. The van der Waals surface area contributed by atoms with E-state index in [2.05, 4.69) is 0 Å². The third kappa shape index (κ3) is 2.60. The number of aromatic hydroxyl groups is 1. The molecule has 0 amide bonds. The molecule has 1 aliphatic carbocycles. The number of aromatic nitrogens is 1. The van der Waals surface area contributed by atoms with Crippen LogP contribution in [0.2, 0.25) is 5.02 Å². The van der Waals surface area contributed by atoms with E-state index in [4.69, 9.17) is 11.6 Å². The molecule has 0 aliphatic heterocycles. The Kier molecular flexibility index (Phi) is 3.78. The summed E-state index contributed by atoms with van der Waals surface area (Å²) in [7, 11) is 0. The highest BCUT2D eigenvalue weighted by Crippen LogP contribution is 2.42. The molecule has 25 heavy (non-hydrogen) atoms. The minimum Gasteiger partial charge on any atom is -0.508 e. The Morgan fingerprint density at radius 2 is 1.88 bits per heavy atom. The molecule has 6 heteroatoms. The average Bonchev–Trinajstić information content (AvgIpc) is 3.41. The summed E-state index contributed by atoms with van der Waals surface area (Å²) >= 11 is 6.56. The Balaban J connectivity index is 2.11. The molecule has 1 saturated carbocycles. The number of aliphatic hydroxyl groups excluding tert-OH is 1. The Bertz CT molecular complexity index is 1040. The van der Waals surface area contributed by atoms with Crippen LogP contribution in [-0.4, -0.2) is 14.8 Å². The molecule has 4 nitrogen and oxygen atoms in total. The fourth-order valence-electron chi connectivity index (χ4n) is 3.21. The maximum atomic E-state index is 14.8. The number of rotatable bonds is 3. The van der Waals surface area contributed by atoms with Gasteiger partial charge in [0.25, 0.3) is 5.56 Å². The molecule has 0 atom stereocenters. The number of hydrogen-bond acceptors (Lipinski definition) is 3. The molecule has 1 fully saturated rings. The van der Waals surface area contributed by atoms with Gasteiger partial charge in [-0.25, -0.2) is 4.39 Å². The average molecular weight is 360 g/mol. The van der Waals surface area contributed by atoms with Gasteiger partial charge in [-0.15, -0.1) is 0 Å². The molecule has 128 valence electrons. The first-order chi connectivity index (χ1) is 12.0. The number of phenols is 1. The van der Waals surface area contributed by atoms with Crippen LogP contribution in [0.15, 0.2) is 41.2 Å². The smallest absolute Gasteiger partial charge is 0.251 e. The fraction of sp³-hybridized carbons (Fsp3) is 0.211. The number of fused-ring (bicyclic) bond motifs is 1. The van der Waals surface area contributed by atoms with E-state index in [1.54, 1.807) is 16.7 Å². The second kappa shape index (κ2) is 5.86. The van der Waals surface area contributed by atoms with E-state index in [-0.39, 0.29) is 34.5 Å². The zero-order chi connectivity index (χ0) is 17.7. The molecule has 0 saturated heterocycles. The first kappa shape index (κ1) is 16.1. The Morgan fingerprint density at radius 3 is 2.48 bits per heavy atom. The van der Waals surface area contributed by atoms with Gasteiger partial charge in [0.1, 0.15) is 11.6 Å². The molecule has 2 N–H and O–H groups in total. The molecule has 3 aromatic rings. The van der Waals surface area contributed by atoms with Crippen molar-refractivity contribution in [1.82, 2.24) is 4.57 Å². The van der Waals surface area contributed by atoms with E-state index >= 15 is 0 Å². The third-order valence-electron chi connectivity index (χ3n) is 4.55. The lowest BCUT2D eigenvalue weighted by molar-refractivity contribution is 0.283. The minimum absolute atomic E-state index is 0.0540. The molecule has 2 aromatic carbocycles. The molecule has 1 heterocycles. The first-order valence-electron chi connectivity index (χ1n) is 7.97. The van der Waals surface area contributed by atoms with Gasteiger partial charge in [-0.1, -0.05) is 23.7 Å². The fourth-order valence-corrected chi connectivity index (χ4v) is 3.61. The summed E-state index contributed by atoms with van der Waals surface area (Å²) in [5.74, 6) is -0.475. The lowest BCUT2D eigenvalue weighted by Crippen LogP contribution is -2.20. The number of halogens is 2. The second-order valence-corrected chi connectivity index (χ2v) is 6.64. The summed E-state index contributed by atoms with van der Waals surface area (Å²) in [5.41, 5.74) is 1.24. The quantitative estimate of drug-likeness (QED) is 0.743. The monoisotopic (exact) mass is 359 g/mol. The van der Waals surface area contributed by atoms with Crippen molar-refractivity contribution in [3.63, 3.8) is 0 Å². The van der Waals surface area contributed by atoms with Gasteiger partial charge in [0.15, 0.2) is 0 Å². The predicted octanol–water partition coefficient (Wildman–Crippen LogP) is 3.99. The lowest BCUT2D eigenvalue weighted by atomic mass is 10.00. The van der Waals surface area contributed by atoms with Crippen molar-refractivity contribution in [3.05, 3.63) is 63.2 Å². The van der Waals surface area contributed by atoms with E-state index < -0.39 is 5.82 Å². The summed E-state index contributed by atoms with van der Waals surface area (Å²) < 4.78 is 16.4. The van der Waals surface area contributed by atoms with E-state index in [0.29, 0.717) is 22.0 Å². The SMILES string of the molecule is O=c1cc(CO)c2cc(F)c(-c3ccc(O)cc3)c(Cl)c2n1C1CC1. The van der Waals surface area contributed by atoms with Crippen molar-refractivity contribution in [2.75, 3.05) is 0 Å². The Labute approximate surface area is 147 Å². The van der Waals surface area contributed by atoms with Gasteiger partial charge in [-0.05, 0) is 42.2 Å². The Morgan fingerprint density at radius 1 is 1.20 bits per heavy atom. The van der Waals surface area contributed by atoms with Crippen LogP contribution < -0.4 is 5.56 Å². The van der Waals surface area contributed by atoms with Crippen molar-refractivity contribution in [3.8, 4) is 16.9 Å². The van der Waals surface area contributed by atoms with E-state index in [0.717, 1.165) is 12.8 Å². The zero-order valence-electron chi connectivity index (χ0n) is 13.2. The Hall–Kier alpha value is -2.37. The summed E-state index contributed by atoms with van der Waals surface area (Å²) in [6.45, 7) is -0.369. The maximum absolute atomic E-state index is 14.8. The van der Waals surface area contributed by atoms with Gasteiger partial charge in [0.05, 0.1) is 17.1 Å². The summed E-state index contributed by atoms with van der Waals surface area (Å²) in [6.07, 6.45) is 1.74. The van der Waals surface area contributed by atoms with E-state index in [9.17, 15) is 19.4 Å². The summed E-state index contributed by atoms with van der Waals surface area (Å²) in [4.78, 5) is 12.5. The zero-order valence-corrected chi connectivity index (χ0v) is 13.9. The molecule has 0 bridgehead atoms. The van der Waals surface area contributed by atoms with Gasteiger partial charge < -0.3 is 14.8 Å². The molecule has 1 aliphatic rings. The molecule has 0 radical (unpaired) electrons. The van der Waals surface area contributed by atoms with Crippen LogP contribution in [0, 0.1) is 5.82 Å². The number of nitrogens with zero attached hydrogens (tertiary/aromatic N) is 1. The van der Waals surface area contributed by atoms with Crippen LogP contribution in [0.4, 0.5) is 4.39 Å². The maximum Gasteiger partial charge on any atom is 0.251 e. The molecule has 1 aromatic heterocycles. The number of phenolic OH excluding ortho intramolecular Hbond substituents is 1. The van der Waals surface area contributed by atoms with Gasteiger partial charge >= 0.3 is 0 Å². The predicted molar refractivity (Wildman–Crippen MR) is 94.5 cm³/mol. The highest BCUT2D eigenvalue weighted by molar-refractivity contribution is 6.38. The minimum atomic E-state index is -0.543. The number of benzene rings is 2. The topological polar surface area (TPSA) is 62.5 Å². The van der Waals surface area contributed by atoms with Crippen LogP contribution in [0.1, 0.15) is 24.4 Å². The number of hydrogen-bond donors (Lipinski definition) is 2. The van der Waals surface area contributed by atoms with Crippen molar-refractivity contribution < 1.29 is 14.6 Å². The van der Waals surface area contributed by atoms with Crippen molar-refractivity contribution in [2.24, 2.45) is 0 Å². The largest absolute Gasteiger partial charge is 0.508 e. The standard InChI is InChI=1S/C19H15ClFNO3/c20-18-17(10-1-5-13(24)6-2-10)15(21)8-14-11(9-23)7-16(25)22(19(14)18)12-3-4-12/h1-2,5-8,12,23-24H,3-4,9H2. The van der Waals surface area contributed by atoms with Crippen LogP contribution >= 0.6 is 11.6 Å². The van der Waals surface area contributed by atoms with Crippen LogP contribution in [0.3, 0.4) is 0 Å². The van der Waals surface area contributed by atoms with Crippen molar-refractivity contribution >= 4 is 22.5 Å². The van der Waals surface area contributed by atoms with E-state index in [1.807, 2.05) is 0 Å². The normalized spacial score (nSPS) is 14.2. The second-order valence-electron chi connectivity index (χ2n) is 6.26. The molecule has 0 unspecified atom stereocenters. The van der Waals surface area contributed by atoms with Gasteiger partial charge in [-0.3, -0.25) is 4.79 Å². The summed E-state index contributed by atoms with van der Waals surface area (Å²) in [6, 6.07) is 8.76. The molecular weight excluding hydrogens is 345 g/mol. The van der Waals surface area contributed by atoms with Gasteiger partial charge in [-0.2, -0.15) is 0 Å². The van der Waals surface area contributed by atoms with Crippen LogP contribution in [0.5, 0.6) is 5.75 Å². The van der Waals surface area contributed by atoms with Gasteiger partial charge in [0.2, 0.25) is 0 Å². The third-order valence-corrected chi connectivity index (χ3v) is 4.92. The number of pyridine rings is 1. The van der Waals surface area contributed by atoms with E-state index in [1.165, 1.54) is 24.3 Å². The molecule has 0 spiro atoms. The van der Waals surface area contributed by atoms with Crippen LogP contribution in [0.25, 0.3) is 22.0 Å². The molecule has 4 rings (SSSR count). The summed E-state index contributed by atoms with van der Waals surface area (Å²) in [5, 5.41) is 19.6. The van der Waals surface area contributed by atoms with Crippen LogP contribution in [-0.2, 0) is 6.61 Å². The number of aliphatic hydroxyl groups is 1. The van der Waals surface area contributed by atoms with Crippen molar-refractivity contribution in [1.29, 1.82) is 0 Å². The molecular formula is C19H15ClFNO3. The first-order valence-corrected chi connectivity index (χ1v) is 8.35. The van der Waals surface area contributed by atoms with Crippen molar-refractivity contribution in [2.45, 2.75) is 25.5 Å². The van der Waals surface area contributed by atoms with Gasteiger partial charge in [0, 0.05) is 23.1 Å².